The van der Waals surface area contributed by atoms with Gasteiger partial charge in [0.2, 0.25) is 0 Å². The molecular weight excluding hydrogens is 204 g/mol. The maximum atomic E-state index is 5.50. The predicted octanol–water partition coefficient (Wildman–Crippen LogP) is 0.825. The van der Waals surface area contributed by atoms with Gasteiger partial charge in [-0.3, -0.25) is 4.68 Å². The van der Waals surface area contributed by atoms with Gasteiger partial charge in [-0.2, -0.15) is 0 Å². The van der Waals surface area contributed by atoms with Gasteiger partial charge in [-0.15, -0.1) is 5.10 Å². The minimum atomic E-state index is 0.371. The van der Waals surface area contributed by atoms with Crippen molar-refractivity contribution in [2.45, 2.75) is 44.9 Å². The number of nitrogens with one attached hydrogen (secondary N) is 1. The lowest BCUT2D eigenvalue weighted by Crippen LogP contribution is -2.35. The SMILES string of the molecule is CC1OCCC1NCCCCn1ccnn1. The van der Waals surface area contributed by atoms with Crippen LogP contribution in [0.1, 0.15) is 26.2 Å². The van der Waals surface area contributed by atoms with Gasteiger partial charge in [0.15, 0.2) is 0 Å². The van der Waals surface area contributed by atoms with Gasteiger partial charge in [0, 0.05) is 25.4 Å². The monoisotopic (exact) mass is 224 g/mol. The second-order valence-corrected chi connectivity index (χ2v) is 4.30. The molecule has 2 heterocycles. The van der Waals surface area contributed by atoms with Gasteiger partial charge in [0.05, 0.1) is 12.3 Å². The van der Waals surface area contributed by atoms with E-state index >= 15 is 0 Å². The Bertz CT molecular complexity index is 288. The minimum absolute atomic E-state index is 0.371. The summed E-state index contributed by atoms with van der Waals surface area (Å²) in [5.74, 6) is 0. The Morgan fingerprint density at radius 2 is 2.44 bits per heavy atom. The number of unbranched alkanes of at least 4 members (excludes halogenated alkanes) is 1. The van der Waals surface area contributed by atoms with E-state index in [0.717, 1.165) is 32.5 Å². The minimum Gasteiger partial charge on any atom is -0.377 e. The molecule has 1 aliphatic rings. The van der Waals surface area contributed by atoms with E-state index in [1.54, 1.807) is 6.20 Å². The highest BCUT2D eigenvalue weighted by atomic mass is 16.5. The van der Waals surface area contributed by atoms with Crippen LogP contribution in [-0.2, 0) is 11.3 Å². The lowest BCUT2D eigenvalue weighted by molar-refractivity contribution is 0.113. The first-order valence-electron chi connectivity index (χ1n) is 6.05. The Kier molecular flexibility index (Phi) is 4.30. The van der Waals surface area contributed by atoms with Gasteiger partial charge in [0.1, 0.15) is 0 Å². The van der Waals surface area contributed by atoms with Crippen LogP contribution in [0.3, 0.4) is 0 Å². The van der Waals surface area contributed by atoms with Gasteiger partial charge < -0.3 is 10.1 Å². The molecule has 90 valence electrons. The van der Waals surface area contributed by atoms with Gasteiger partial charge in [0.25, 0.3) is 0 Å². The van der Waals surface area contributed by atoms with Crippen molar-refractivity contribution in [1.82, 2.24) is 20.3 Å². The number of nitrogens with zero attached hydrogens (tertiary/aromatic N) is 3. The molecule has 1 saturated heterocycles. The molecule has 0 radical (unpaired) electrons. The maximum Gasteiger partial charge on any atom is 0.0700 e. The van der Waals surface area contributed by atoms with E-state index in [2.05, 4.69) is 22.6 Å². The van der Waals surface area contributed by atoms with E-state index in [1.165, 1.54) is 6.42 Å². The second-order valence-electron chi connectivity index (χ2n) is 4.30. The molecule has 0 aromatic carbocycles. The molecule has 1 aromatic heterocycles. The zero-order valence-electron chi connectivity index (χ0n) is 9.80. The molecule has 1 fully saturated rings. The number of rotatable bonds is 6. The molecule has 2 atom stereocenters. The fourth-order valence-corrected chi connectivity index (χ4v) is 2.04. The van der Waals surface area contributed by atoms with E-state index in [0.29, 0.717) is 12.1 Å². The van der Waals surface area contributed by atoms with Crippen LogP contribution in [0.25, 0.3) is 0 Å². The van der Waals surface area contributed by atoms with Gasteiger partial charge in [-0.25, -0.2) is 0 Å². The molecule has 5 nitrogen and oxygen atoms in total. The zero-order chi connectivity index (χ0) is 11.2. The molecule has 0 saturated carbocycles. The highest BCUT2D eigenvalue weighted by molar-refractivity contribution is 4.78. The van der Waals surface area contributed by atoms with E-state index in [1.807, 2.05) is 10.9 Å². The van der Waals surface area contributed by atoms with Crippen LogP contribution >= 0.6 is 0 Å². The molecule has 16 heavy (non-hydrogen) atoms. The van der Waals surface area contributed by atoms with E-state index < -0.39 is 0 Å². The van der Waals surface area contributed by atoms with Crippen LogP contribution in [0, 0.1) is 0 Å². The summed E-state index contributed by atoms with van der Waals surface area (Å²) in [4.78, 5) is 0. The quantitative estimate of drug-likeness (QED) is 0.727. The van der Waals surface area contributed by atoms with Gasteiger partial charge >= 0.3 is 0 Å². The first kappa shape index (κ1) is 11.5. The molecule has 1 N–H and O–H groups in total. The van der Waals surface area contributed by atoms with Crippen molar-refractivity contribution in [1.29, 1.82) is 0 Å². The van der Waals surface area contributed by atoms with Crippen LogP contribution in [0.15, 0.2) is 12.4 Å². The highest BCUT2D eigenvalue weighted by Crippen LogP contribution is 2.12. The smallest absolute Gasteiger partial charge is 0.0700 e. The molecule has 5 heteroatoms. The summed E-state index contributed by atoms with van der Waals surface area (Å²) in [5.41, 5.74) is 0. The number of aryl methyl sites for hydroxylation is 1. The van der Waals surface area contributed by atoms with Crippen molar-refractivity contribution in [3.05, 3.63) is 12.4 Å². The van der Waals surface area contributed by atoms with Crippen LogP contribution in [0.4, 0.5) is 0 Å². The normalized spacial score (nSPS) is 25.1. The van der Waals surface area contributed by atoms with Crippen molar-refractivity contribution in [3.8, 4) is 0 Å². The fourth-order valence-electron chi connectivity index (χ4n) is 2.04. The molecule has 2 rings (SSSR count). The van der Waals surface area contributed by atoms with Crippen molar-refractivity contribution < 1.29 is 4.74 Å². The van der Waals surface area contributed by atoms with E-state index in [4.69, 9.17) is 4.74 Å². The molecular formula is C11H20N4O. The summed E-state index contributed by atoms with van der Waals surface area (Å²) in [5, 5.41) is 11.2. The summed E-state index contributed by atoms with van der Waals surface area (Å²) in [6.07, 6.45) is 7.44. The topological polar surface area (TPSA) is 52.0 Å². The van der Waals surface area contributed by atoms with Crippen LogP contribution in [0.5, 0.6) is 0 Å². The van der Waals surface area contributed by atoms with E-state index in [-0.39, 0.29) is 0 Å². The fraction of sp³-hybridized carbons (Fsp3) is 0.818. The van der Waals surface area contributed by atoms with E-state index in [9.17, 15) is 0 Å². The standard InChI is InChI=1S/C11H20N4O/c1-10-11(4-9-16-10)12-5-2-3-7-15-8-6-13-14-15/h6,8,10-12H,2-5,7,9H2,1H3. The van der Waals surface area contributed by atoms with Crippen molar-refractivity contribution in [2.75, 3.05) is 13.2 Å². The zero-order valence-corrected chi connectivity index (χ0v) is 9.80. The maximum absolute atomic E-state index is 5.50. The number of ether oxygens (including phenoxy) is 1. The highest BCUT2D eigenvalue weighted by Gasteiger charge is 2.22. The Hall–Kier alpha value is -0.940. The largest absolute Gasteiger partial charge is 0.377 e. The molecule has 0 spiro atoms. The summed E-state index contributed by atoms with van der Waals surface area (Å²) in [6, 6.07) is 0.548. The Morgan fingerprint density at radius 3 is 3.12 bits per heavy atom. The van der Waals surface area contributed by atoms with Crippen molar-refractivity contribution >= 4 is 0 Å². The van der Waals surface area contributed by atoms with Gasteiger partial charge in [-0.05, 0) is 32.7 Å². The molecule has 0 aliphatic carbocycles. The predicted molar refractivity (Wildman–Crippen MR) is 61.1 cm³/mol. The Morgan fingerprint density at radius 1 is 1.50 bits per heavy atom. The third-order valence-corrected chi connectivity index (χ3v) is 3.07. The first-order valence-corrected chi connectivity index (χ1v) is 6.05. The third-order valence-electron chi connectivity index (χ3n) is 3.07. The average molecular weight is 224 g/mol. The Labute approximate surface area is 96.2 Å². The number of aromatic nitrogens is 3. The van der Waals surface area contributed by atoms with Gasteiger partial charge in [-0.1, -0.05) is 5.21 Å². The molecule has 2 unspecified atom stereocenters. The number of hydrogen-bond acceptors (Lipinski definition) is 4. The van der Waals surface area contributed by atoms with Crippen LogP contribution in [0.2, 0.25) is 0 Å². The third kappa shape index (κ3) is 3.28. The lowest BCUT2D eigenvalue weighted by Gasteiger charge is -2.15. The van der Waals surface area contributed by atoms with Crippen LogP contribution in [-0.4, -0.2) is 40.3 Å². The molecule has 1 aliphatic heterocycles. The first-order chi connectivity index (χ1) is 7.86. The summed E-state index contributed by atoms with van der Waals surface area (Å²) in [6.45, 7) is 5.06. The summed E-state index contributed by atoms with van der Waals surface area (Å²) < 4.78 is 7.37. The number of hydrogen-bond donors (Lipinski definition) is 1. The average Bonchev–Trinajstić information content (AvgIpc) is 2.90. The lowest BCUT2D eigenvalue weighted by atomic mass is 10.1. The second kappa shape index (κ2) is 5.96. The molecule has 0 bridgehead atoms. The molecule has 0 amide bonds. The summed E-state index contributed by atoms with van der Waals surface area (Å²) in [7, 11) is 0. The van der Waals surface area contributed by atoms with Crippen LogP contribution < -0.4 is 5.32 Å². The van der Waals surface area contributed by atoms with Crippen molar-refractivity contribution in [2.24, 2.45) is 0 Å². The molecule has 1 aromatic rings. The summed E-state index contributed by atoms with van der Waals surface area (Å²) >= 11 is 0. The van der Waals surface area contributed by atoms with Crippen molar-refractivity contribution in [3.63, 3.8) is 0 Å². The Balaban J connectivity index is 1.52.